The van der Waals surface area contributed by atoms with Gasteiger partial charge in [-0.1, -0.05) is 16.7 Å². The van der Waals surface area contributed by atoms with Crippen molar-refractivity contribution in [3.05, 3.63) is 46.5 Å². The molecular weight excluding hydrogens is 350 g/mol. The van der Waals surface area contributed by atoms with Crippen molar-refractivity contribution in [1.29, 1.82) is 0 Å². The fraction of sp³-hybridized carbons (Fsp3) is 0.353. The first-order valence-corrected chi connectivity index (χ1v) is 8.61. The summed E-state index contributed by atoms with van der Waals surface area (Å²) in [5.74, 6) is 0.350. The maximum atomic E-state index is 13.5. The van der Waals surface area contributed by atoms with Gasteiger partial charge in [0.2, 0.25) is 5.95 Å². The highest BCUT2D eigenvalue weighted by Gasteiger charge is 2.29. The second-order valence-corrected chi connectivity index (χ2v) is 6.57. The molecule has 1 aliphatic rings. The molecule has 3 rings (SSSR count). The predicted octanol–water partition coefficient (Wildman–Crippen LogP) is -1.35. The molecule has 0 amide bonds. The zero-order valence-electron chi connectivity index (χ0n) is 15.2. The Morgan fingerprint density at radius 1 is 1.48 bits per heavy atom. The number of aryl methyl sites for hydroxylation is 1. The SMILES string of the molecule is Bc1cc(F)ccc1[C@H]1Cc2nc(N)nc(C)c2/C(=N/OC[C@H](N)CO)N1. The Morgan fingerprint density at radius 3 is 2.96 bits per heavy atom. The Hall–Kier alpha value is -2.72. The molecular formula is C17H22BFN6O2. The van der Waals surface area contributed by atoms with Crippen molar-refractivity contribution >= 4 is 25.1 Å². The molecule has 8 nitrogen and oxygen atoms in total. The van der Waals surface area contributed by atoms with Crippen molar-refractivity contribution in [3.63, 3.8) is 0 Å². The summed E-state index contributed by atoms with van der Waals surface area (Å²) in [7, 11) is 1.85. The fourth-order valence-corrected chi connectivity index (χ4v) is 3.13. The zero-order chi connectivity index (χ0) is 19.6. The number of hydrogen-bond donors (Lipinski definition) is 4. The van der Waals surface area contributed by atoms with Gasteiger partial charge in [0.15, 0.2) is 5.84 Å². The molecule has 0 bridgehead atoms. The first kappa shape index (κ1) is 19.1. The maximum Gasteiger partial charge on any atom is 0.220 e. The van der Waals surface area contributed by atoms with E-state index >= 15 is 0 Å². The predicted molar refractivity (Wildman–Crippen MR) is 103 cm³/mol. The van der Waals surface area contributed by atoms with Gasteiger partial charge in [-0.15, -0.1) is 0 Å². The lowest BCUT2D eigenvalue weighted by Crippen LogP contribution is -2.40. The number of nitrogens with one attached hydrogen (secondary N) is 1. The summed E-state index contributed by atoms with van der Waals surface area (Å²) in [6.45, 7) is 1.67. The van der Waals surface area contributed by atoms with Crippen LogP contribution >= 0.6 is 0 Å². The smallest absolute Gasteiger partial charge is 0.220 e. The summed E-state index contributed by atoms with van der Waals surface area (Å²) >= 11 is 0. The van der Waals surface area contributed by atoms with Crippen LogP contribution in [0.2, 0.25) is 0 Å². The van der Waals surface area contributed by atoms with Gasteiger partial charge in [-0.25, -0.2) is 14.4 Å². The van der Waals surface area contributed by atoms with Gasteiger partial charge in [-0.3, -0.25) is 0 Å². The quantitative estimate of drug-likeness (QED) is 0.377. The van der Waals surface area contributed by atoms with E-state index in [1.54, 1.807) is 6.07 Å². The van der Waals surface area contributed by atoms with Crippen LogP contribution in [-0.4, -0.2) is 48.0 Å². The molecule has 0 unspecified atom stereocenters. The van der Waals surface area contributed by atoms with Crippen LogP contribution < -0.4 is 22.2 Å². The van der Waals surface area contributed by atoms with Crippen LogP contribution in [0.3, 0.4) is 0 Å². The number of aromatic nitrogens is 2. The van der Waals surface area contributed by atoms with E-state index in [0.29, 0.717) is 18.0 Å². The summed E-state index contributed by atoms with van der Waals surface area (Å²) in [5.41, 5.74) is 15.3. The van der Waals surface area contributed by atoms with Gasteiger partial charge in [0.25, 0.3) is 0 Å². The Morgan fingerprint density at radius 2 is 2.26 bits per heavy atom. The first-order valence-electron chi connectivity index (χ1n) is 8.61. The van der Waals surface area contributed by atoms with E-state index in [0.717, 1.165) is 22.3 Å². The lowest BCUT2D eigenvalue weighted by atomic mass is 9.84. The standard InChI is InChI=1S/C17H22BFN6O2/c1-8-15-14(24-17(21)22-8)5-13(11-3-2-9(19)4-12(11)18)23-16(15)25-27-7-10(20)6-26/h2-4,10,13,26H,5-7,18,20H2,1H3,(H,23,25)(H2,21,22,24)/t10-,13-/m1/s1. The monoisotopic (exact) mass is 372 g/mol. The number of benzene rings is 1. The summed E-state index contributed by atoms with van der Waals surface area (Å²) in [6.07, 6.45) is 0.546. The largest absolute Gasteiger partial charge is 0.395 e. The van der Waals surface area contributed by atoms with Gasteiger partial charge < -0.3 is 26.7 Å². The van der Waals surface area contributed by atoms with Crippen LogP contribution in [0.1, 0.15) is 28.6 Å². The highest BCUT2D eigenvalue weighted by molar-refractivity contribution is 6.33. The van der Waals surface area contributed by atoms with E-state index in [2.05, 4.69) is 20.4 Å². The van der Waals surface area contributed by atoms with Crippen LogP contribution in [0, 0.1) is 12.7 Å². The average Bonchev–Trinajstić information content (AvgIpc) is 2.60. The number of nitrogens with zero attached hydrogens (tertiary/aromatic N) is 3. The van der Waals surface area contributed by atoms with Crippen LogP contribution in [0.4, 0.5) is 10.3 Å². The number of nitrogens with two attached hydrogens (primary N) is 2. The molecule has 142 valence electrons. The molecule has 6 N–H and O–H groups in total. The molecule has 0 spiro atoms. The third-order valence-electron chi connectivity index (χ3n) is 4.41. The van der Waals surface area contributed by atoms with E-state index in [4.69, 9.17) is 21.4 Å². The Labute approximate surface area is 157 Å². The van der Waals surface area contributed by atoms with Crippen LogP contribution in [0.5, 0.6) is 0 Å². The number of aliphatic hydroxyl groups is 1. The average molecular weight is 372 g/mol. The number of nitrogen functional groups attached to an aromatic ring is 1. The Balaban J connectivity index is 1.98. The number of rotatable bonds is 5. The Kier molecular flexibility index (Phi) is 5.57. The van der Waals surface area contributed by atoms with Crippen molar-refractivity contribution in [2.75, 3.05) is 18.9 Å². The summed E-state index contributed by atoms with van der Waals surface area (Å²) in [6, 6.07) is 3.94. The van der Waals surface area contributed by atoms with Crippen molar-refractivity contribution in [3.8, 4) is 0 Å². The molecule has 10 heteroatoms. The Bertz CT molecular complexity index is 879. The third-order valence-corrected chi connectivity index (χ3v) is 4.41. The first-order chi connectivity index (χ1) is 12.9. The van der Waals surface area contributed by atoms with E-state index in [1.165, 1.54) is 12.1 Å². The minimum atomic E-state index is -0.531. The van der Waals surface area contributed by atoms with E-state index < -0.39 is 6.04 Å². The van der Waals surface area contributed by atoms with E-state index in [1.807, 2.05) is 14.8 Å². The number of aliphatic hydroxyl groups excluding tert-OH is 1. The lowest BCUT2D eigenvalue weighted by molar-refractivity contribution is 0.107. The van der Waals surface area contributed by atoms with Crippen LogP contribution in [0.25, 0.3) is 0 Å². The van der Waals surface area contributed by atoms with Gasteiger partial charge in [0, 0.05) is 6.42 Å². The molecule has 0 saturated carbocycles. The number of amidine groups is 1. The minimum absolute atomic E-state index is 0.0616. The van der Waals surface area contributed by atoms with E-state index in [-0.39, 0.29) is 31.0 Å². The molecule has 0 aliphatic carbocycles. The molecule has 2 heterocycles. The van der Waals surface area contributed by atoms with Gasteiger partial charge in [-0.2, -0.15) is 0 Å². The highest BCUT2D eigenvalue weighted by Crippen LogP contribution is 2.26. The maximum absolute atomic E-state index is 13.5. The topological polar surface area (TPSA) is 132 Å². The van der Waals surface area contributed by atoms with Crippen molar-refractivity contribution in [2.24, 2.45) is 10.9 Å². The molecule has 0 fully saturated rings. The second kappa shape index (κ2) is 7.89. The number of hydrogen-bond acceptors (Lipinski definition) is 7. The number of anilines is 1. The van der Waals surface area contributed by atoms with Crippen molar-refractivity contribution in [2.45, 2.75) is 25.4 Å². The number of oxime groups is 1. The third kappa shape index (κ3) is 4.17. The molecule has 2 aromatic rings. The van der Waals surface area contributed by atoms with Gasteiger partial charge in [-0.05, 0) is 24.6 Å². The highest BCUT2D eigenvalue weighted by atomic mass is 19.1. The minimum Gasteiger partial charge on any atom is -0.395 e. The molecule has 0 radical (unpaired) electrons. The second-order valence-electron chi connectivity index (χ2n) is 6.57. The molecule has 0 saturated heterocycles. The zero-order valence-corrected chi connectivity index (χ0v) is 15.2. The summed E-state index contributed by atoms with van der Waals surface area (Å²) in [4.78, 5) is 13.9. The van der Waals surface area contributed by atoms with Gasteiger partial charge in [0.05, 0.1) is 35.6 Å². The van der Waals surface area contributed by atoms with Gasteiger partial charge >= 0.3 is 0 Å². The summed E-state index contributed by atoms with van der Waals surface area (Å²) in [5, 5.41) is 16.5. The summed E-state index contributed by atoms with van der Waals surface area (Å²) < 4.78 is 13.5. The normalized spacial score (nSPS) is 18.7. The number of fused-ring (bicyclic) bond motifs is 1. The molecule has 27 heavy (non-hydrogen) atoms. The van der Waals surface area contributed by atoms with Gasteiger partial charge in [0.1, 0.15) is 20.3 Å². The molecule has 2 atom stereocenters. The van der Waals surface area contributed by atoms with Crippen molar-refractivity contribution in [1.82, 2.24) is 15.3 Å². The van der Waals surface area contributed by atoms with E-state index in [9.17, 15) is 4.39 Å². The molecule has 1 aromatic carbocycles. The number of halogens is 1. The van der Waals surface area contributed by atoms with Crippen LogP contribution in [-0.2, 0) is 11.3 Å². The van der Waals surface area contributed by atoms with Crippen molar-refractivity contribution < 1.29 is 14.3 Å². The van der Waals surface area contributed by atoms with Crippen LogP contribution in [0.15, 0.2) is 23.4 Å². The molecule has 1 aliphatic heterocycles. The molecule has 1 aromatic heterocycles. The lowest BCUT2D eigenvalue weighted by Gasteiger charge is -2.29. The fourth-order valence-electron chi connectivity index (χ4n) is 3.13.